The van der Waals surface area contributed by atoms with Gasteiger partial charge in [-0.15, -0.1) is 6.58 Å². The number of urea groups is 1. The van der Waals surface area contributed by atoms with Gasteiger partial charge in [-0.2, -0.15) is 0 Å². The normalized spacial score (nSPS) is 15.5. The van der Waals surface area contributed by atoms with Crippen molar-refractivity contribution in [2.75, 3.05) is 26.4 Å². The number of hydrogen-bond donors (Lipinski definition) is 0. The van der Waals surface area contributed by atoms with Crippen LogP contribution in [0.15, 0.2) is 30.9 Å². The molecule has 2 aliphatic heterocycles. The molecule has 0 N–H and O–H groups in total. The maximum Gasteiger partial charge on any atom is 0.335 e. The van der Waals surface area contributed by atoms with Crippen LogP contribution in [0.2, 0.25) is 0 Å². The van der Waals surface area contributed by atoms with E-state index in [1.54, 1.807) is 19.1 Å². The van der Waals surface area contributed by atoms with Crippen LogP contribution in [0.3, 0.4) is 0 Å². The van der Waals surface area contributed by atoms with E-state index in [4.69, 9.17) is 9.47 Å². The van der Waals surface area contributed by atoms with Crippen LogP contribution in [-0.4, -0.2) is 64.9 Å². The summed E-state index contributed by atoms with van der Waals surface area (Å²) in [7, 11) is 0. The number of rotatable bonds is 7. The smallest absolute Gasteiger partial charge is 0.335 e. The lowest BCUT2D eigenvalue weighted by atomic mass is 10.2. The van der Waals surface area contributed by atoms with Crippen LogP contribution in [0.5, 0.6) is 11.5 Å². The molecule has 0 saturated carbocycles. The van der Waals surface area contributed by atoms with Crippen molar-refractivity contribution >= 4 is 23.8 Å². The number of likely N-dealkylation sites (N-methyl/N-ethyl adjacent to an activating group) is 1. The number of carbonyl (C=O) groups is 4. The molecule has 1 fully saturated rings. The van der Waals surface area contributed by atoms with Crippen LogP contribution in [0.1, 0.15) is 12.5 Å². The van der Waals surface area contributed by atoms with Crippen LogP contribution < -0.4 is 9.47 Å². The van der Waals surface area contributed by atoms with Gasteiger partial charge in [-0.05, 0) is 24.6 Å². The van der Waals surface area contributed by atoms with Gasteiger partial charge in [0.1, 0.15) is 6.54 Å². The Morgan fingerprint density at radius 3 is 2.59 bits per heavy atom. The van der Waals surface area contributed by atoms with E-state index in [1.165, 1.54) is 11.0 Å². The lowest BCUT2D eigenvalue weighted by Gasteiger charge is -2.23. The maximum absolute atomic E-state index is 12.6. The van der Waals surface area contributed by atoms with Gasteiger partial charge < -0.3 is 14.4 Å². The van der Waals surface area contributed by atoms with Crippen molar-refractivity contribution in [2.24, 2.45) is 0 Å². The SMILES string of the molecule is C=CCN1C(=O)C(=O)N(CC(=O)N(CC)Cc2ccc3c(c2)OCO3)C1=O. The number of amides is 5. The Labute approximate surface area is 155 Å². The molecule has 142 valence electrons. The topological polar surface area (TPSA) is 96.5 Å². The van der Waals surface area contributed by atoms with Gasteiger partial charge in [0.15, 0.2) is 11.5 Å². The molecule has 3 rings (SSSR count). The van der Waals surface area contributed by atoms with Crippen LogP contribution in [0.25, 0.3) is 0 Å². The number of fused-ring (bicyclic) bond motifs is 1. The summed E-state index contributed by atoms with van der Waals surface area (Å²) in [6.07, 6.45) is 1.34. The molecule has 2 heterocycles. The van der Waals surface area contributed by atoms with Crippen molar-refractivity contribution in [3.05, 3.63) is 36.4 Å². The van der Waals surface area contributed by atoms with Crippen molar-refractivity contribution in [3.8, 4) is 11.5 Å². The fourth-order valence-corrected chi connectivity index (χ4v) is 2.85. The minimum atomic E-state index is -1.01. The fraction of sp³-hybridized carbons (Fsp3) is 0.333. The first-order chi connectivity index (χ1) is 13.0. The Kier molecular flexibility index (Phi) is 5.11. The third-order valence-electron chi connectivity index (χ3n) is 4.28. The first kappa shape index (κ1) is 18.4. The first-order valence-electron chi connectivity index (χ1n) is 8.40. The molecular formula is C18H19N3O6. The van der Waals surface area contributed by atoms with Crippen LogP contribution in [0.4, 0.5) is 4.79 Å². The Morgan fingerprint density at radius 1 is 1.19 bits per heavy atom. The molecule has 0 aliphatic carbocycles. The van der Waals surface area contributed by atoms with E-state index in [0.717, 1.165) is 10.5 Å². The van der Waals surface area contributed by atoms with Gasteiger partial charge in [0.05, 0.1) is 0 Å². The average molecular weight is 373 g/mol. The number of imide groups is 2. The molecule has 5 amide bonds. The Balaban J connectivity index is 1.68. The summed E-state index contributed by atoms with van der Waals surface area (Å²) in [4.78, 5) is 51.6. The second-order valence-corrected chi connectivity index (χ2v) is 5.97. The maximum atomic E-state index is 12.6. The molecule has 1 saturated heterocycles. The first-order valence-corrected chi connectivity index (χ1v) is 8.40. The molecule has 0 atom stereocenters. The number of benzene rings is 1. The summed E-state index contributed by atoms with van der Waals surface area (Å²) >= 11 is 0. The van der Waals surface area contributed by atoms with E-state index in [2.05, 4.69) is 6.58 Å². The summed E-state index contributed by atoms with van der Waals surface area (Å²) in [5, 5.41) is 0. The quantitative estimate of drug-likeness (QED) is 0.397. The van der Waals surface area contributed by atoms with Crippen LogP contribution in [0, 0.1) is 0 Å². The largest absolute Gasteiger partial charge is 0.454 e. The number of nitrogens with zero attached hydrogens (tertiary/aromatic N) is 3. The molecule has 27 heavy (non-hydrogen) atoms. The summed E-state index contributed by atoms with van der Waals surface area (Å²) < 4.78 is 10.6. The summed E-state index contributed by atoms with van der Waals surface area (Å²) in [5.74, 6) is -1.15. The highest BCUT2D eigenvalue weighted by atomic mass is 16.7. The van der Waals surface area contributed by atoms with Gasteiger partial charge in [0.25, 0.3) is 0 Å². The van der Waals surface area contributed by atoms with Crippen molar-refractivity contribution in [3.63, 3.8) is 0 Å². The summed E-state index contributed by atoms with van der Waals surface area (Å²) in [6.45, 7) is 5.46. The van der Waals surface area contributed by atoms with Crippen molar-refractivity contribution < 1.29 is 28.7 Å². The second-order valence-electron chi connectivity index (χ2n) is 5.97. The molecular weight excluding hydrogens is 354 g/mol. The molecule has 0 bridgehead atoms. The lowest BCUT2D eigenvalue weighted by Crippen LogP contribution is -2.43. The van der Waals surface area contributed by atoms with Gasteiger partial charge >= 0.3 is 17.8 Å². The van der Waals surface area contributed by atoms with Gasteiger partial charge in [0.2, 0.25) is 12.7 Å². The molecule has 9 heteroatoms. The molecule has 0 aromatic heterocycles. The number of carbonyl (C=O) groups excluding carboxylic acids is 4. The molecule has 1 aromatic rings. The minimum Gasteiger partial charge on any atom is -0.454 e. The van der Waals surface area contributed by atoms with Crippen molar-refractivity contribution in [1.29, 1.82) is 0 Å². The molecule has 9 nitrogen and oxygen atoms in total. The van der Waals surface area contributed by atoms with Gasteiger partial charge in [-0.3, -0.25) is 19.3 Å². The summed E-state index contributed by atoms with van der Waals surface area (Å²) in [5.41, 5.74) is 0.817. The number of ether oxygens (including phenoxy) is 2. The van der Waals surface area contributed by atoms with E-state index in [1.807, 2.05) is 6.07 Å². The van der Waals surface area contributed by atoms with Gasteiger partial charge in [-0.1, -0.05) is 12.1 Å². The molecule has 2 aliphatic rings. The Morgan fingerprint density at radius 2 is 1.89 bits per heavy atom. The van der Waals surface area contributed by atoms with Crippen LogP contribution >= 0.6 is 0 Å². The monoisotopic (exact) mass is 373 g/mol. The van der Waals surface area contributed by atoms with Crippen molar-refractivity contribution in [1.82, 2.24) is 14.7 Å². The fourth-order valence-electron chi connectivity index (χ4n) is 2.85. The van der Waals surface area contributed by atoms with Crippen LogP contribution in [-0.2, 0) is 20.9 Å². The zero-order valence-electron chi connectivity index (χ0n) is 14.8. The molecule has 0 spiro atoms. The zero-order chi connectivity index (χ0) is 19.6. The van der Waals surface area contributed by atoms with Gasteiger partial charge in [-0.25, -0.2) is 9.69 Å². The van der Waals surface area contributed by atoms with E-state index in [0.29, 0.717) is 22.9 Å². The minimum absolute atomic E-state index is 0.0806. The predicted molar refractivity (Wildman–Crippen MR) is 92.7 cm³/mol. The van der Waals surface area contributed by atoms with E-state index in [-0.39, 0.29) is 19.9 Å². The van der Waals surface area contributed by atoms with E-state index < -0.39 is 30.3 Å². The molecule has 0 unspecified atom stereocenters. The average Bonchev–Trinajstić information content (AvgIpc) is 3.20. The molecule has 0 radical (unpaired) electrons. The highest BCUT2D eigenvalue weighted by Crippen LogP contribution is 2.32. The van der Waals surface area contributed by atoms with Gasteiger partial charge in [0, 0.05) is 19.6 Å². The molecule has 1 aromatic carbocycles. The summed E-state index contributed by atoms with van der Waals surface area (Å²) in [6, 6.07) is 4.54. The number of hydrogen-bond acceptors (Lipinski definition) is 6. The third kappa shape index (κ3) is 3.48. The predicted octanol–water partition coefficient (Wildman–Crippen LogP) is 0.741. The zero-order valence-corrected chi connectivity index (χ0v) is 14.8. The second kappa shape index (κ2) is 7.48. The lowest BCUT2D eigenvalue weighted by molar-refractivity contribution is -0.144. The van der Waals surface area contributed by atoms with E-state index in [9.17, 15) is 19.2 Å². The standard InChI is InChI=1S/C18H19N3O6/c1-3-7-20-16(23)17(24)21(18(20)25)10-15(22)19(4-2)9-12-5-6-13-14(8-12)27-11-26-13/h3,5-6,8H,1,4,7,9-11H2,2H3. The van der Waals surface area contributed by atoms with Crippen molar-refractivity contribution in [2.45, 2.75) is 13.5 Å². The Hall–Kier alpha value is -3.36. The highest BCUT2D eigenvalue weighted by Gasteiger charge is 2.44. The third-order valence-corrected chi connectivity index (χ3v) is 4.28. The van der Waals surface area contributed by atoms with E-state index >= 15 is 0 Å². The Bertz CT molecular complexity index is 821. The highest BCUT2D eigenvalue weighted by molar-refractivity contribution is 6.45.